The molecule has 1 saturated heterocycles. The van der Waals surface area contributed by atoms with E-state index in [1.54, 1.807) is 36.4 Å². The number of esters is 1. The van der Waals surface area contributed by atoms with Gasteiger partial charge in [-0.3, -0.25) is 4.79 Å². The Balaban J connectivity index is 1.33. The normalized spacial score (nSPS) is 14.2. The molecule has 1 amide bonds. The highest BCUT2D eigenvalue weighted by atomic mass is 32.2. The van der Waals surface area contributed by atoms with Crippen molar-refractivity contribution in [3.63, 3.8) is 0 Å². The maximum Gasteiger partial charge on any atom is 0.342 e. The Hall–Kier alpha value is -3.73. The smallest absolute Gasteiger partial charge is 0.342 e. The first-order valence-electron chi connectivity index (χ1n) is 10.9. The van der Waals surface area contributed by atoms with Crippen LogP contribution in [0.25, 0.3) is 0 Å². The lowest BCUT2D eigenvalue weighted by Gasteiger charge is -2.26. The molecule has 0 atom stereocenters. The van der Waals surface area contributed by atoms with Crippen LogP contribution in [0, 0.1) is 0 Å². The largest absolute Gasteiger partial charge is 0.456 e. The Morgan fingerprint density at radius 1 is 0.886 bits per heavy atom. The molecule has 1 aliphatic rings. The standard InChI is InChI=1S/C25H24N2O7S/c28-24(26-19-10-12-21(13-11-19)35(30,31)27-14-16-32-17-15-27)18-33-25(29)22-8-4-5-9-23(22)34-20-6-2-1-3-7-20/h1-13H,14-18H2,(H,26,28). The van der Waals surface area contributed by atoms with E-state index in [0.29, 0.717) is 43.5 Å². The number of para-hydroxylation sites is 2. The van der Waals surface area contributed by atoms with E-state index in [4.69, 9.17) is 14.2 Å². The van der Waals surface area contributed by atoms with Crippen molar-refractivity contribution < 1.29 is 32.2 Å². The molecule has 0 aromatic heterocycles. The Kier molecular flexibility index (Phi) is 7.76. The molecule has 3 aromatic carbocycles. The predicted octanol–water partition coefficient (Wildman–Crippen LogP) is 3.30. The Bertz CT molecular complexity index is 1270. The minimum Gasteiger partial charge on any atom is -0.456 e. The van der Waals surface area contributed by atoms with Crippen LogP contribution in [0.4, 0.5) is 5.69 Å². The first-order valence-corrected chi connectivity index (χ1v) is 12.3. The zero-order chi connectivity index (χ0) is 24.7. The third-order valence-corrected chi connectivity index (χ3v) is 7.07. The highest BCUT2D eigenvalue weighted by Gasteiger charge is 2.26. The Labute approximate surface area is 203 Å². The van der Waals surface area contributed by atoms with Gasteiger partial charge in [-0.15, -0.1) is 0 Å². The number of benzene rings is 3. The molecule has 35 heavy (non-hydrogen) atoms. The lowest BCUT2D eigenvalue weighted by atomic mass is 10.2. The molecule has 0 aliphatic carbocycles. The zero-order valence-corrected chi connectivity index (χ0v) is 19.6. The van der Waals surface area contributed by atoms with Crippen molar-refractivity contribution in [2.24, 2.45) is 0 Å². The minimum absolute atomic E-state index is 0.124. The number of nitrogens with zero attached hydrogens (tertiary/aromatic N) is 1. The van der Waals surface area contributed by atoms with Crippen molar-refractivity contribution in [2.75, 3.05) is 38.2 Å². The average molecular weight is 497 g/mol. The summed E-state index contributed by atoms with van der Waals surface area (Å²) in [5, 5.41) is 2.59. The molecule has 4 rings (SSSR count). The molecule has 0 radical (unpaired) electrons. The molecule has 0 unspecified atom stereocenters. The number of carbonyl (C=O) groups excluding carboxylic acids is 2. The lowest BCUT2D eigenvalue weighted by molar-refractivity contribution is -0.119. The molecule has 1 aliphatic heterocycles. The van der Waals surface area contributed by atoms with Gasteiger partial charge in [0.25, 0.3) is 5.91 Å². The first kappa shape index (κ1) is 24.4. The number of hydrogen-bond acceptors (Lipinski definition) is 7. The summed E-state index contributed by atoms with van der Waals surface area (Å²) in [5.74, 6) is -0.409. The van der Waals surface area contributed by atoms with E-state index in [9.17, 15) is 18.0 Å². The van der Waals surface area contributed by atoms with Gasteiger partial charge < -0.3 is 19.5 Å². The average Bonchev–Trinajstić information content (AvgIpc) is 2.89. The number of anilines is 1. The van der Waals surface area contributed by atoms with Gasteiger partial charge in [-0.1, -0.05) is 30.3 Å². The molecule has 182 valence electrons. The number of nitrogens with one attached hydrogen (secondary N) is 1. The summed E-state index contributed by atoms with van der Waals surface area (Å²) in [6, 6.07) is 21.4. The third kappa shape index (κ3) is 6.24. The van der Waals surface area contributed by atoms with Gasteiger partial charge in [-0.2, -0.15) is 4.31 Å². The molecule has 3 aromatic rings. The maximum atomic E-state index is 12.7. The third-order valence-electron chi connectivity index (χ3n) is 5.16. The zero-order valence-electron chi connectivity index (χ0n) is 18.8. The van der Waals surface area contributed by atoms with Crippen LogP contribution in [0.1, 0.15) is 10.4 Å². The van der Waals surface area contributed by atoms with Gasteiger partial charge in [0.05, 0.1) is 18.1 Å². The van der Waals surface area contributed by atoms with Crippen molar-refractivity contribution in [1.82, 2.24) is 4.31 Å². The number of rotatable bonds is 8. The fraction of sp³-hybridized carbons (Fsp3) is 0.200. The molecule has 10 heteroatoms. The summed E-state index contributed by atoms with van der Waals surface area (Å²) in [6.07, 6.45) is 0. The molecular weight excluding hydrogens is 472 g/mol. The van der Waals surface area contributed by atoms with Gasteiger partial charge in [0, 0.05) is 18.8 Å². The molecule has 1 heterocycles. The second kappa shape index (κ2) is 11.1. The van der Waals surface area contributed by atoms with Crippen LogP contribution in [0.3, 0.4) is 0 Å². The highest BCUT2D eigenvalue weighted by molar-refractivity contribution is 7.89. The monoisotopic (exact) mass is 496 g/mol. The van der Waals surface area contributed by atoms with Gasteiger partial charge in [0.2, 0.25) is 10.0 Å². The Morgan fingerprint density at radius 3 is 2.26 bits per heavy atom. The summed E-state index contributed by atoms with van der Waals surface area (Å²) >= 11 is 0. The highest BCUT2D eigenvalue weighted by Crippen LogP contribution is 2.25. The van der Waals surface area contributed by atoms with E-state index in [0.717, 1.165) is 0 Å². The van der Waals surface area contributed by atoms with Crippen LogP contribution < -0.4 is 10.1 Å². The van der Waals surface area contributed by atoms with E-state index < -0.39 is 28.5 Å². The van der Waals surface area contributed by atoms with Gasteiger partial charge in [0.1, 0.15) is 17.1 Å². The number of sulfonamides is 1. The topological polar surface area (TPSA) is 111 Å². The van der Waals surface area contributed by atoms with Crippen molar-refractivity contribution in [2.45, 2.75) is 4.90 Å². The fourth-order valence-electron chi connectivity index (χ4n) is 3.39. The molecule has 1 N–H and O–H groups in total. The molecule has 0 saturated carbocycles. The second-order valence-corrected chi connectivity index (χ2v) is 9.51. The van der Waals surface area contributed by atoms with Crippen LogP contribution in [0.2, 0.25) is 0 Å². The van der Waals surface area contributed by atoms with Crippen LogP contribution in [-0.4, -0.2) is 57.5 Å². The van der Waals surface area contributed by atoms with Gasteiger partial charge in [0.15, 0.2) is 6.61 Å². The summed E-state index contributed by atoms with van der Waals surface area (Å²) in [6.45, 7) is 0.785. The van der Waals surface area contributed by atoms with E-state index in [-0.39, 0.29) is 10.5 Å². The molecular formula is C25H24N2O7S. The first-order chi connectivity index (χ1) is 16.9. The van der Waals surface area contributed by atoms with Gasteiger partial charge in [-0.05, 0) is 48.5 Å². The van der Waals surface area contributed by atoms with Crippen molar-refractivity contribution >= 4 is 27.6 Å². The maximum absolute atomic E-state index is 12.7. The molecule has 9 nitrogen and oxygen atoms in total. The number of hydrogen-bond donors (Lipinski definition) is 1. The van der Waals surface area contributed by atoms with Gasteiger partial charge >= 0.3 is 5.97 Å². The molecule has 0 spiro atoms. The quantitative estimate of drug-likeness (QED) is 0.477. The van der Waals surface area contributed by atoms with E-state index in [1.165, 1.54) is 28.6 Å². The fourth-order valence-corrected chi connectivity index (χ4v) is 4.80. The van der Waals surface area contributed by atoms with Crippen LogP contribution >= 0.6 is 0 Å². The lowest BCUT2D eigenvalue weighted by Crippen LogP contribution is -2.40. The number of carbonyl (C=O) groups is 2. The summed E-state index contributed by atoms with van der Waals surface area (Å²) in [5.41, 5.74) is 0.557. The van der Waals surface area contributed by atoms with E-state index in [1.807, 2.05) is 18.2 Å². The molecule has 0 bridgehead atoms. The van der Waals surface area contributed by atoms with E-state index in [2.05, 4.69) is 5.32 Å². The number of morpholine rings is 1. The summed E-state index contributed by atoms with van der Waals surface area (Å²) < 4.78 is 42.9. The second-order valence-electron chi connectivity index (χ2n) is 7.58. The molecule has 1 fully saturated rings. The number of ether oxygens (including phenoxy) is 3. The van der Waals surface area contributed by atoms with Crippen LogP contribution in [0.15, 0.2) is 83.8 Å². The van der Waals surface area contributed by atoms with Crippen molar-refractivity contribution in [1.29, 1.82) is 0 Å². The summed E-state index contributed by atoms with van der Waals surface area (Å²) in [4.78, 5) is 25.0. The van der Waals surface area contributed by atoms with Gasteiger partial charge in [-0.25, -0.2) is 13.2 Å². The predicted molar refractivity (Wildman–Crippen MR) is 128 cm³/mol. The Morgan fingerprint density at radius 2 is 1.54 bits per heavy atom. The number of amides is 1. The van der Waals surface area contributed by atoms with Crippen LogP contribution in [0.5, 0.6) is 11.5 Å². The minimum atomic E-state index is -3.63. The summed E-state index contributed by atoms with van der Waals surface area (Å²) in [7, 11) is -3.63. The van der Waals surface area contributed by atoms with Crippen molar-refractivity contribution in [3.8, 4) is 11.5 Å². The van der Waals surface area contributed by atoms with E-state index >= 15 is 0 Å². The van der Waals surface area contributed by atoms with Crippen LogP contribution in [-0.2, 0) is 24.3 Å². The SMILES string of the molecule is O=C(COC(=O)c1ccccc1Oc1ccccc1)Nc1ccc(S(=O)(=O)N2CCOCC2)cc1. The van der Waals surface area contributed by atoms with Crippen molar-refractivity contribution in [3.05, 3.63) is 84.4 Å².